The molecule has 0 amide bonds. The highest BCUT2D eigenvalue weighted by atomic mass is 19.1. The number of nitrogens with zero attached hydrogens (tertiary/aromatic N) is 1. The normalized spacial score (nSPS) is 12.1. The van der Waals surface area contributed by atoms with E-state index in [1.807, 2.05) is 6.07 Å². The first-order valence-corrected chi connectivity index (χ1v) is 5.07. The smallest absolute Gasteiger partial charge is 0.169 e. The van der Waals surface area contributed by atoms with Gasteiger partial charge in [-0.3, -0.25) is 0 Å². The number of hydrogen-bond donors (Lipinski definition) is 1. The van der Waals surface area contributed by atoms with Crippen molar-refractivity contribution in [3.05, 3.63) is 35.1 Å². The molecule has 0 radical (unpaired) electrons. The second-order valence-corrected chi connectivity index (χ2v) is 3.46. The van der Waals surface area contributed by atoms with E-state index in [0.717, 1.165) is 0 Å². The summed E-state index contributed by atoms with van der Waals surface area (Å²) >= 11 is 0. The molecule has 0 spiro atoms. The van der Waals surface area contributed by atoms with Crippen molar-refractivity contribution in [3.63, 3.8) is 0 Å². The van der Waals surface area contributed by atoms with Crippen molar-refractivity contribution >= 4 is 0 Å². The van der Waals surface area contributed by atoms with E-state index in [-0.39, 0.29) is 12.4 Å². The van der Waals surface area contributed by atoms with E-state index in [9.17, 15) is 4.39 Å². The molecular weight excluding hydrogens is 209 g/mol. The van der Waals surface area contributed by atoms with Crippen molar-refractivity contribution in [1.82, 2.24) is 0 Å². The number of aryl methyl sites for hydroxylation is 1. The summed E-state index contributed by atoms with van der Waals surface area (Å²) in [6, 6.07) is 6.24. The summed E-state index contributed by atoms with van der Waals surface area (Å²) < 4.78 is 18.2. The Morgan fingerprint density at radius 1 is 1.56 bits per heavy atom. The van der Waals surface area contributed by atoms with E-state index >= 15 is 0 Å². The molecule has 1 atom stereocenters. The predicted molar refractivity (Wildman–Crippen MR) is 57.1 cm³/mol. The summed E-state index contributed by atoms with van der Waals surface area (Å²) in [5.41, 5.74) is 1.36. The quantitative estimate of drug-likeness (QED) is 0.778. The van der Waals surface area contributed by atoms with Gasteiger partial charge in [-0.1, -0.05) is 6.07 Å². The molecule has 0 aromatic heterocycles. The molecule has 4 heteroatoms. The number of nitriles is 1. The molecule has 0 heterocycles. The third kappa shape index (κ3) is 3.30. The second-order valence-electron chi connectivity index (χ2n) is 3.46. The molecule has 0 saturated carbocycles. The number of hydrogen-bond acceptors (Lipinski definition) is 3. The van der Waals surface area contributed by atoms with Gasteiger partial charge >= 0.3 is 0 Å². The van der Waals surface area contributed by atoms with Gasteiger partial charge in [0, 0.05) is 6.61 Å². The lowest BCUT2D eigenvalue weighted by Crippen LogP contribution is -2.06. The van der Waals surface area contributed by atoms with Gasteiger partial charge in [0.15, 0.2) is 6.10 Å². The highest BCUT2D eigenvalue weighted by Crippen LogP contribution is 2.21. The lowest BCUT2D eigenvalue weighted by molar-refractivity contribution is 0.0770. The zero-order valence-electron chi connectivity index (χ0n) is 9.11. The van der Waals surface area contributed by atoms with Gasteiger partial charge in [0.2, 0.25) is 0 Å². The van der Waals surface area contributed by atoms with Crippen LogP contribution in [0.3, 0.4) is 0 Å². The Bertz CT molecular complexity index is 387. The zero-order valence-corrected chi connectivity index (χ0v) is 9.11. The molecule has 16 heavy (non-hydrogen) atoms. The van der Waals surface area contributed by atoms with Crippen molar-refractivity contribution in [2.24, 2.45) is 0 Å². The van der Waals surface area contributed by atoms with Crippen molar-refractivity contribution in [1.29, 1.82) is 5.26 Å². The minimum absolute atomic E-state index is 0.0283. The Morgan fingerprint density at radius 2 is 2.31 bits per heavy atom. The molecule has 0 aliphatic rings. The molecule has 1 N–H and O–H groups in total. The highest BCUT2D eigenvalue weighted by Gasteiger charge is 2.13. The lowest BCUT2D eigenvalue weighted by atomic mass is 10.0. The van der Waals surface area contributed by atoms with Gasteiger partial charge in [0.1, 0.15) is 5.82 Å². The number of benzene rings is 1. The fourth-order valence-electron chi connectivity index (χ4n) is 1.40. The Balaban J connectivity index is 2.76. The van der Waals surface area contributed by atoms with Crippen molar-refractivity contribution in [2.75, 3.05) is 13.2 Å². The summed E-state index contributed by atoms with van der Waals surface area (Å²) in [6.45, 7) is 2.07. The Kier molecular flexibility index (Phi) is 4.90. The molecule has 1 rings (SSSR count). The van der Waals surface area contributed by atoms with Crippen LogP contribution in [0.5, 0.6) is 0 Å². The van der Waals surface area contributed by atoms with E-state index in [0.29, 0.717) is 24.2 Å². The van der Waals surface area contributed by atoms with Crippen molar-refractivity contribution in [2.45, 2.75) is 19.4 Å². The fourth-order valence-corrected chi connectivity index (χ4v) is 1.40. The van der Waals surface area contributed by atoms with Crippen LogP contribution in [0.25, 0.3) is 0 Å². The van der Waals surface area contributed by atoms with Gasteiger partial charge in [0.25, 0.3) is 0 Å². The topological polar surface area (TPSA) is 53.2 Å². The molecule has 0 aliphatic heterocycles. The molecule has 1 unspecified atom stereocenters. The van der Waals surface area contributed by atoms with E-state index in [1.165, 1.54) is 12.1 Å². The molecule has 1 aromatic rings. The first-order chi connectivity index (χ1) is 7.69. The zero-order chi connectivity index (χ0) is 12.0. The highest BCUT2D eigenvalue weighted by molar-refractivity contribution is 5.31. The molecule has 3 nitrogen and oxygen atoms in total. The number of aliphatic hydroxyl groups excluding tert-OH is 1. The van der Waals surface area contributed by atoms with Crippen LogP contribution in [0.2, 0.25) is 0 Å². The minimum Gasteiger partial charge on any atom is -0.396 e. The van der Waals surface area contributed by atoms with Gasteiger partial charge in [-0.05, 0) is 36.6 Å². The largest absolute Gasteiger partial charge is 0.396 e. The van der Waals surface area contributed by atoms with Crippen LogP contribution in [0.15, 0.2) is 18.2 Å². The molecule has 86 valence electrons. The maximum absolute atomic E-state index is 12.9. The van der Waals surface area contributed by atoms with Gasteiger partial charge < -0.3 is 9.84 Å². The van der Waals surface area contributed by atoms with Crippen LogP contribution in [0.1, 0.15) is 23.7 Å². The lowest BCUT2D eigenvalue weighted by Gasteiger charge is -2.13. The maximum atomic E-state index is 12.9. The average molecular weight is 223 g/mol. The summed E-state index contributed by atoms with van der Waals surface area (Å²) in [6.07, 6.45) is -0.217. The van der Waals surface area contributed by atoms with Gasteiger partial charge in [-0.25, -0.2) is 4.39 Å². The van der Waals surface area contributed by atoms with Crippen molar-refractivity contribution in [3.8, 4) is 6.07 Å². The van der Waals surface area contributed by atoms with Gasteiger partial charge in [-0.15, -0.1) is 0 Å². The number of aliphatic hydroxyl groups is 1. The first kappa shape index (κ1) is 12.6. The van der Waals surface area contributed by atoms with E-state index in [4.69, 9.17) is 15.1 Å². The third-order valence-electron chi connectivity index (χ3n) is 2.22. The molecule has 0 saturated heterocycles. The average Bonchev–Trinajstić information content (AvgIpc) is 2.26. The van der Waals surface area contributed by atoms with Crippen LogP contribution in [-0.2, 0) is 4.74 Å². The van der Waals surface area contributed by atoms with Crippen LogP contribution in [0, 0.1) is 24.1 Å². The third-order valence-corrected chi connectivity index (χ3v) is 2.22. The Labute approximate surface area is 94.1 Å². The molecule has 1 aromatic carbocycles. The Morgan fingerprint density at radius 3 is 2.88 bits per heavy atom. The van der Waals surface area contributed by atoms with Crippen LogP contribution >= 0.6 is 0 Å². The SMILES string of the molecule is Cc1cc(F)ccc1C(C#N)OCCCO. The van der Waals surface area contributed by atoms with Gasteiger partial charge in [-0.2, -0.15) is 5.26 Å². The summed E-state index contributed by atoms with van der Waals surface area (Å²) in [4.78, 5) is 0. The van der Waals surface area contributed by atoms with Crippen LogP contribution in [-0.4, -0.2) is 18.3 Å². The predicted octanol–water partition coefficient (Wildman–Crippen LogP) is 2.10. The standard InChI is InChI=1S/C12H14FNO2/c1-9-7-10(13)3-4-11(9)12(8-14)16-6-2-5-15/h3-4,7,12,15H,2,5-6H2,1H3. The molecule has 0 aliphatic carbocycles. The first-order valence-electron chi connectivity index (χ1n) is 5.07. The minimum atomic E-state index is -0.702. The van der Waals surface area contributed by atoms with Crippen LogP contribution < -0.4 is 0 Å². The summed E-state index contributed by atoms with van der Waals surface area (Å²) in [5, 5.41) is 17.5. The van der Waals surface area contributed by atoms with E-state index < -0.39 is 6.10 Å². The van der Waals surface area contributed by atoms with E-state index in [2.05, 4.69) is 0 Å². The van der Waals surface area contributed by atoms with E-state index in [1.54, 1.807) is 13.0 Å². The maximum Gasteiger partial charge on any atom is 0.169 e. The molecule has 0 bridgehead atoms. The molecule has 0 fully saturated rings. The monoisotopic (exact) mass is 223 g/mol. The summed E-state index contributed by atoms with van der Waals surface area (Å²) in [7, 11) is 0. The Hall–Kier alpha value is -1.44. The van der Waals surface area contributed by atoms with Gasteiger partial charge in [0.05, 0.1) is 12.7 Å². The second kappa shape index (κ2) is 6.21. The fraction of sp³-hybridized carbons (Fsp3) is 0.417. The number of halogens is 1. The number of rotatable bonds is 5. The van der Waals surface area contributed by atoms with Crippen molar-refractivity contribution < 1.29 is 14.2 Å². The van der Waals surface area contributed by atoms with Crippen LogP contribution in [0.4, 0.5) is 4.39 Å². The summed E-state index contributed by atoms with van der Waals surface area (Å²) in [5.74, 6) is -0.326. The number of ether oxygens (including phenoxy) is 1. The molecular formula is C12H14FNO2.